The molecule has 2 atom stereocenters. The zero-order valence-electron chi connectivity index (χ0n) is 14.6. The van der Waals surface area contributed by atoms with E-state index in [4.69, 9.17) is 4.74 Å². The Morgan fingerprint density at radius 3 is 2.50 bits per heavy atom. The monoisotopic (exact) mass is 331 g/mol. The number of hydrogen-bond acceptors (Lipinski definition) is 4. The van der Waals surface area contributed by atoms with Crippen molar-refractivity contribution in [2.24, 2.45) is 11.8 Å². The zero-order chi connectivity index (χ0) is 16.8. The number of benzene rings is 1. The lowest BCUT2D eigenvalue weighted by atomic mass is 10.0. The van der Waals surface area contributed by atoms with Crippen molar-refractivity contribution in [2.75, 3.05) is 20.2 Å². The third-order valence-corrected chi connectivity index (χ3v) is 5.01. The lowest BCUT2D eigenvalue weighted by molar-refractivity contribution is -0.140. The summed E-state index contributed by atoms with van der Waals surface area (Å²) in [6, 6.07) is 8.09. The smallest absolute Gasteiger partial charge is 0.305 e. The Morgan fingerprint density at radius 2 is 1.88 bits per heavy atom. The van der Waals surface area contributed by atoms with Gasteiger partial charge < -0.3 is 14.8 Å². The maximum absolute atomic E-state index is 11.2. The molecule has 24 heavy (non-hydrogen) atoms. The molecule has 4 rings (SSSR count). The van der Waals surface area contributed by atoms with Gasteiger partial charge >= 0.3 is 5.97 Å². The largest absolute Gasteiger partial charge is 0.490 e. The molecule has 0 aromatic heterocycles. The lowest BCUT2D eigenvalue weighted by Gasteiger charge is -2.15. The Morgan fingerprint density at radius 1 is 1.17 bits per heavy atom. The quantitative estimate of drug-likeness (QED) is 0.841. The third kappa shape index (κ3) is 5.23. The summed E-state index contributed by atoms with van der Waals surface area (Å²) in [6.45, 7) is 2.29. The first-order chi connectivity index (χ1) is 11.7. The second-order valence-corrected chi connectivity index (χ2v) is 7.17. The van der Waals surface area contributed by atoms with Crippen LogP contribution in [-0.2, 0) is 16.0 Å². The van der Waals surface area contributed by atoms with Gasteiger partial charge in [0.15, 0.2) is 0 Å². The van der Waals surface area contributed by atoms with Crippen LogP contribution in [0.4, 0.5) is 0 Å². The van der Waals surface area contributed by atoms with Crippen molar-refractivity contribution in [3.8, 4) is 5.75 Å². The molecule has 1 saturated heterocycles. The van der Waals surface area contributed by atoms with Gasteiger partial charge in [-0.05, 0) is 61.9 Å². The molecule has 3 aliphatic rings. The Hall–Kier alpha value is -1.55. The van der Waals surface area contributed by atoms with Crippen LogP contribution in [0.25, 0.3) is 0 Å². The van der Waals surface area contributed by atoms with Crippen LogP contribution < -0.4 is 10.1 Å². The molecule has 0 amide bonds. The van der Waals surface area contributed by atoms with E-state index in [1.807, 2.05) is 18.2 Å². The maximum atomic E-state index is 11.2. The Labute approximate surface area is 144 Å². The van der Waals surface area contributed by atoms with E-state index in [-0.39, 0.29) is 5.97 Å². The van der Waals surface area contributed by atoms with Gasteiger partial charge in [0.2, 0.25) is 0 Å². The van der Waals surface area contributed by atoms with E-state index >= 15 is 0 Å². The van der Waals surface area contributed by atoms with Gasteiger partial charge in [-0.15, -0.1) is 0 Å². The van der Waals surface area contributed by atoms with Crippen LogP contribution in [0.2, 0.25) is 0 Å². The highest BCUT2D eigenvalue weighted by atomic mass is 16.5. The fourth-order valence-electron chi connectivity index (χ4n) is 3.52. The lowest BCUT2D eigenvalue weighted by Crippen LogP contribution is -2.18. The molecule has 0 radical (unpaired) electrons. The van der Waals surface area contributed by atoms with Crippen LogP contribution in [0.5, 0.6) is 5.75 Å². The fourth-order valence-corrected chi connectivity index (χ4v) is 3.52. The second-order valence-electron chi connectivity index (χ2n) is 7.17. The van der Waals surface area contributed by atoms with Gasteiger partial charge in [0.25, 0.3) is 0 Å². The Kier molecular flexibility index (Phi) is 6.13. The molecule has 1 N–H and O–H groups in total. The van der Waals surface area contributed by atoms with E-state index in [0.717, 1.165) is 49.1 Å². The van der Waals surface area contributed by atoms with E-state index < -0.39 is 0 Å². The minimum absolute atomic E-state index is 0.169. The Balaban J connectivity index is 0.000000508. The summed E-state index contributed by atoms with van der Waals surface area (Å²) in [7, 11) is 1.42. The normalized spacial score (nSPS) is 27.0. The predicted octanol–water partition coefficient (Wildman–Crippen LogP) is 3.34. The molecule has 4 nitrogen and oxygen atoms in total. The molecule has 2 saturated carbocycles. The number of carbonyl (C=O) groups is 1. The van der Waals surface area contributed by atoms with Gasteiger partial charge in [0, 0.05) is 6.42 Å². The summed E-state index contributed by atoms with van der Waals surface area (Å²) >= 11 is 0. The molecule has 1 aliphatic heterocycles. The SMILES string of the molecule is C1CC1.COC(=O)CCc1cccc(OC2CC3CNCC3C2)c1. The van der Waals surface area contributed by atoms with Crippen LogP contribution in [0, 0.1) is 11.8 Å². The highest BCUT2D eigenvalue weighted by Gasteiger charge is 2.38. The molecule has 0 spiro atoms. The van der Waals surface area contributed by atoms with E-state index in [9.17, 15) is 4.79 Å². The number of esters is 1. The van der Waals surface area contributed by atoms with Crippen LogP contribution in [-0.4, -0.2) is 32.3 Å². The zero-order valence-corrected chi connectivity index (χ0v) is 14.6. The number of rotatable bonds is 5. The number of carbonyl (C=O) groups excluding carboxylic acids is 1. The van der Waals surface area contributed by atoms with E-state index in [1.165, 1.54) is 26.4 Å². The van der Waals surface area contributed by atoms with Crippen LogP contribution in [0.3, 0.4) is 0 Å². The molecule has 1 heterocycles. The van der Waals surface area contributed by atoms with Crippen molar-refractivity contribution in [1.82, 2.24) is 5.32 Å². The molecule has 132 valence electrons. The fraction of sp³-hybridized carbons (Fsp3) is 0.650. The van der Waals surface area contributed by atoms with Crippen molar-refractivity contribution in [3.63, 3.8) is 0 Å². The molecule has 1 aromatic carbocycles. The number of nitrogens with one attached hydrogen (secondary N) is 1. The second kappa shape index (κ2) is 8.52. The highest BCUT2D eigenvalue weighted by molar-refractivity contribution is 5.69. The van der Waals surface area contributed by atoms with Crippen molar-refractivity contribution >= 4 is 5.97 Å². The van der Waals surface area contributed by atoms with E-state index in [2.05, 4.69) is 16.1 Å². The number of aryl methyl sites for hydroxylation is 1. The topological polar surface area (TPSA) is 47.6 Å². The predicted molar refractivity (Wildman–Crippen MR) is 94.1 cm³/mol. The number of hydrogen-bond donors (Lipinski definition) is 1. The molecular weight excluding hydrogens is 302 g/mol. The first-order valence-corrected chi connectivity index (χ1v) is 9.27. The summed E-state index contributed by atoms with van der Waals surface area (Å²) in [5, 5.41) is 3.45. The third-order valence-electron chi connectivity index (χ3n) is 5.01. The van der Waals surface area contributed by atoms with Gasteiger partial charge in [-0.25, -0.2) is 0 Å². The summed E-state index contributed by atoms with van der Waals surface area (Å²) in [4.78, 5) is 11.2. The average Bonchev–Trinajstić information content (AvgIpc) is 3.34. The van der Waals surface area contributed by atoms with E-state index in [0.29, 0.717) is 18.9 Å². The van der Waals surface area contributed by atoms with Crippen molar-refractivity contribution < 1.29 is 14.3 Å². The first kappa shape index (κ1) is 17.3. The molecule has 2 unspecified atom stereocenters. The van der Waals surface area contributed by atoms with Crippen LogP contribution >= 0.6 is 0 Å². The number of methoxy groups -OCH3 is 1. The average molecular weight is 331 g/mol. The molecule has 4 heteroatoms. The molecule has 3 fully saturated rings. The molecule has 0 bridgehead atoms. The highest BCUT2D eigenvalue weighted by Crippen LogP contribution is 2.36. The molecular formula is C20H29NO3. The van der Waals surface area contributed by atoms with Crippen LogP contribution in [0.15, 0.2) is 24.3 Å². The standard InChI is InChI=1S/C17H23NO3.C3H6/c1-20-17(19)6-5-12-3-2-4-15(7-12)21-16-8-13-10-18-11-14(13)9-16;1-2-3-1/h2-4,7,13-14,16,18H,5-6,8-11H2,1H3;1-3H2. The summed E-state index contributed by atoms with van der Waals surface area (Å²) in [5.74, 6) is 2.34. The van der Waals surface area contributed by atoms with Crippen molar-refractivity contribution in [2.45, 2.75) is 51.0 Å². The van der Waals surface area contributed by atoms with Gasteiger partial charge in [-0.2, -0.15) is 0 Å². The molecule has 2 aliphatic carbocycles. The number of fused-ring (bicyclic) bond motifs is 1. The summed E-state index contributed by atoms with van der Waals surface area (Å²) in [5.41, 5.74) is 1.12. The minimum atomic E-state index is -0.169. The van der Waals surface area contributed by atoms with Gasteiger partial charge in [-0.3, -0.25) is 4.79 Å². The first-order valence-electron chi connectivity index (χ1n) is 9.27. The summed E-state index contributed by atoms with van der Waals surface area (Å²) in [6.07, 6.45) is 8.27. The minimum Gasteiger partial charge on any atom is -0.490 e. The van der Waals surface area contributed by atoms with Crippen molar-refractivity contribution in [3.05, 3.63) is 29.8 Å². The Bertz CT molecular complexity index is 529. The van der Waals surface area contributed by atoms with Gasteiger partial charge in [-0.1, -0.05) is 31.4 Å². The maximum Gasteiger partial charge on any atom is 0.305 e. The van der Waals surface area contributed by atoms with E-state index in [1.54, 1.807) is 0 Å². The van der Waals surface area contributed by atoms with Gasteiger partial charge in [0.1, 0.15) is 5.75 Å². The van der Waals surface area contributed by atoms with Gasteiger partial charge in [0.05, 0.1) is 13.2 Å². The number of ether oxygens (including phenoxy) is 2. The van der Waals surface area contributed by atoms with Crippen LogP contribution in [0.1, 0.15) is 44.1 Å². The summed E-state index contributed by atoms with van der Waals surface area (Å²) < 4.78 is 10.8. The van der Waals surface area contributed by atoms with Crippen molar-refractivity contribution in [1.29, 1.82) is 0 Å². The molecule has 1 aromatic rings.